The molecule has 92 valence electrons. The van der Waals surface area contributed by atoms with Crippen LogP contribution in [0, 0.1) is 5.82 Å². The molecule has 0 aromatic carbocycles. The lowest BCUT2D eigenvalue weighted by atomic mass is 9.99. The van der Waals surface area contributed by atoms with Crippen molar-refractivity contribution < 1.29 is 9.18 Å². The summed E-state index contributed by atoms with van der Waals surface area (Å²) < 4.78 is 13.7. The number of carbonyl (C=O) groups excluding carboxylic acids is 1. The van der Waals surface area contributed by atoms with E-state index in [1.165, 1.54) is 0 Å². The van der Waals surface area contributed by atoms with Gasteiger partial charge in [0, 0.05) is 13.1 Å². The van der Waals surface area contributed by atoms with Gasteiger partial charge in [0.1, 0.15) is 5.54 Å². The number of nitrogens with two attached hydrogens (primary N) is 1. The van der Waals surface area contributed by atoms with Crippen LogP contribution in [0.2, 0.25) is 0 Å². The summed E-state index contributed by atoms with van der Waals surface area (Å²) in [5, 5.41) is 2.73. The first-order valence-corrected chi connectivity index (χ1v) is 5.27. The van der Waals surface area contributed by atoms with Crippen LogP contribution in [0.15, 0.2) is 6.20 Å². The number of rotatable bonds is 1. The van der Waals surface area contributed by atoms with E-state index in [-0.39, 0.29) is 17.7 Å². The molecule has 3 N–H and O–H groups in total. The maximum atomic E-state index is 13.7. The van der Waals surface area contributed by atoms with E-state index in [0.717, 1.165) is 6.20 Å². The van der Waals surface area contributed by atoms with E-state index in [1.54, 1.807) is 18.7 Å². The van der Waals surface area contributed by atoms with Gasteiger partial charge in [0.25, 0.3) is 0 Å². The highest BCUT2D eigenvalue weighted by Gasteiger charge is 2.39. The minimum atomic E-state index is -0.861. The molecule has 1 saturated heterocycles. The summed E-state index contributed by atoms with van der Waals surface area (Å²) in [6.07, 6.45) is 1.01. The van der Waals surface area contributed by atoms with Gasteiger partial charge in [0.15, 0.2) is 11.6 Å². The van der Waals surface area contributed by atoms with Crippen molar-refractivity contribution in [3.8, 4) is 0 Å². The average molecular weight is 239 g/mol. The first kappa shape index (κ1) is 11.6. The minimum Gasteiger partial charge on any atom is -0.368 e. The van der Waals surface area contributed by atoms with Crippen molar-refractivity contribution in [2.24, 2.45) is 0 Å². The number of halogens is 1. The highest BCUT2D eigenvalue weighted by Crippen LogP contribution is 2.26. The summed E-state index contributed by atoms with van der Waals surface area (Å²) in [6.45, 7) is 4.34. The number of piperazine rings is 1. The monoisotopic (exact) mass is 239 g/mol. The Morgan fingerprint density at radius 2 is 2.29 bits per heavy atom. The predicted molar refractivity (Wildman–Crippen MR) is 60.8 cm³/mol. The fraction of sp³-hybridized carbons (Fsp3) is 0.500. The summed E-state index contributed by atoms with van der Waals surface area (Å²) in [5.74, 6) is -0.692. The van der Waals surface area contributed by atoms with Crippen LogP contribution >= 0.6 is 0 Å². The largest absolute Gasteiger partial charge is 0.368 e. The van der Waals surface area contributed by atoms with E-state index in [2.05, 4.69) is 15.3 Å². The SMILES string of the molecule is CC1(C)C(=O)NCCN1c1nc(N)ncc1F. The maximum absolute atomic E-state index is 13.7. The molecule has 1 aliphatic rings. The van der Waals surface area contributed by atoms with Gasteiger partial charge >= 0.3 is 0 Å². The van der Waals surface area contributed by atoms with Gasteiger partial charge in [-0.05, 0) is 13.8 Å². The van der Waals surface area contributed by atoms with Crippen LogP contribution in [-0.4, -0.2) is 34.5 Å². The smallest absolute Gasteiger partial charge is 0.245 e. The third-order valence-electron chi connectivity index (χ3n) is 2.85. The molecule has 1 aromatic rings. The Labute approximate surface area is 98.0 Å². The molecule has 6 nitrogen and oxygen atoms in total. The summed E-state index contributed by atoms with van der Waals surface area (Å²) >= 11 is 0. The molecule has 0 aliphatic carbocycles. The number of nitrogen functional groups attached to an aromatic ring is 1. The summed E-state index contributed by atoms with van der Waals surface area (Å²) in [5.41, 5.74) is 4.58. The van der Waals surface area contributed by atoms with E-state index in [1.807, 2.05) is 0 Å². The Balaban J connectivity index is 2.44. The molecular weight excluding hydrogens is 225 g/mol. The highest BCUT2D eigenvalue weighted by molar-refractivity contribution is 5.90. The second kappa shape index (κ2) is 3.83. The second-order valence-electron chi connectivity index (χ2n) is 4.37. The van der Waals surface area contributed by atoms with Gasteiger partial charge in [0.2, 0.25) is 11.9 Å². The molecule has 1 aromatic heterocycles. The first-order valence-electron chi connectivity index (χ1n) is 5.27. The quantitative estimate of drug-likeness (QED) is 0.715. The number of amides is 1. The molecule has 1 aliphatic heterocycles. The first-order chi connectivity index (χ1) is 7.93. The zero-order valence-corrected chi connectivity index (χ0v) is 9.70. The zero-order valence-electron chi connectivity index (χ0n) is 9.70. The third kappa shape index (κ3) is 1.88. The molecular formula is C10H14FN5O. The van der Waals surface area contributed by atoms with Gasteiger partial charge in [-0.3, -0.25) is 4.79 Å². The number of aromatic nitrogens is 2. The second-order valence-corrected chi connectivity index (χ2v) is 4.37. The van der Waals surface area contributed by atoms with Crippen molar-refractivity contribution >= 4 is 17.7 Å². The highest BCUT2D eigenvalue weighted by atomic mass is 19.1. The summed E-state index contributed by atoms with van der Waals surface area (Å²) in [7, 11) is 0. The van der Waals surface area contributed by atoms with E-state index >= 15 is 0 Å². The molecule has 0 atom stereocenters. The van der Waals surface area contributed by atoms with E-state index < -0.39 is 11.4 Å². The molecule has 1 fully saturated rings. The summed E-state index contributed by atoms with van der Waals surface area (Å²) in [6, 6.07) is 0. The lowest BCUT2D eigenvalue weighted by molar-refractivity contribution is -0.126. The van der Waals surface area contributed by atoms with E-state index in [9.17, 15) is 9.18 Å². The average Bonchev–Trinajstić information content (AvgIpc) is 2.26. The molecule has 0 spiro atoms. The van der Waals surface area contributed by atoms with Gasteiger partial charge in [-0.15, -0.1) is 0 Å². The Morgan fingerprint density at radius 1 is 1.59 bits per heavy atom. The molecule has 0 unspecified atom stereocenters. The Kier molecular flexibility index (Phi) is 2.60. The maximum Gasteiger partial charge on any atom is 0.245 e. The lowest BCUT2D eigenvalue weighted by Gasteiger charge is -2.41. The number of hydrogen-bond acceptors (Lipinski definition) is 5. The van der Waals surface area contributed by atoms with Crippen molar-refractivity contribution in [2.75, 3.05) is 23.7 Å². The van der Waals surface area contributed by atoms with Crippen molar-refractivity contribution in [1.29, 1.82) is 0 Å². The molecule has 0 bridgehead atoms. The molecule has 1 amide bonds. The van der Waals surface area contributed by atoms with Crippen molar-refractivity contribution in [3.05, 3.63) is 12.0 Å². The molecule has 2 heterocycles. The van der Waals surface area contributed by atoms with Gasteiger partial charge in [-0.1, -0.05) is 0 Å². The van der Waals surface area contributed by atoms with Crippen molar-refractivity contribution in [2.45, 2.75) is 19.4 Å². The topological polar surface area (TPSA) is 84.1 Å². The number of nitrogens with zero attached hydrogens (tertiary/aromatic N) is 3. The number of nitrogens with one attached hydrogen (secondary N) is 1. The Hall–Kier alpha value is -1.92. The minimum absolute atomic E-state index is 0.0109. The van der Waals surface area contributed by atoms with Gasteiger partial charge in [0.05, 0.1) is 6.20 Å². The number of anilines is 2. The van der Waals surface area contributed by atoms with Crippen molar-refractivity contribution in [3.63, 3.8) is 0 Å². The third-order valence-corrected chi connectivity index (χ3v) is 2.85. The van der Waals surface area contributed by atoms with Gasteiger partial charge in [-0.25, -0.2) is 9.37 Å². The van der Waals surface area contributed by atoms with Gasteiger partial charge in [-0.2, -0.15) is 4.98 Å². The molecule has 17 heavy (non-hydrogen) atoms. The van der Waals surface area contributed by atoms with E-state index in [0.29, 0.717) is 13.1 Å². The summed E-state index contributed by atoms with van der Waals surface area (Å²) in [4.78, 5) is 20.8. The van der Waals surface area contributed by atoms with Crippen molar-refractivity contribution in [1.82, 2.24) is 15.3 Å². The zero-order chi connectivity index (χ0) is 12.6. The van der Waals surface area contributed by atoms with Crippen LogP contribution in [0.5, 0.6) is 0 Å². The number of hydrogen-bond donors (Lipinski definition) is 2. The fourth-order valence-electron chi connectivity index (χ4n) is 1.83. The van der Waals surface area contributed by atoms with Crippen LogP contribution in [0.4, 0.5) is 16.2 Å². The van der Waals surface area contributed by atoms with Crippen LogP contribution in [-0.2, 0) is 4.79 Å². The molecule has 7 heteroatoms. The standard InChI is InChI=1S/C10H14FN5O/c1-10(2)8(17)13-3-4-16(10)7-6(11)5-14-9(12)15-7/h5H,3-4H2,1-2H3,(H,13,17)(H2,12,14,15). The lowest BCUT2D eigenvalue weighted by Crippen LogP contribution is -2.62. The molecule has 0 radical (unpaired) electrons. The number of carbonyl (C=O) groups is 1. The Bertz CT molecular complexity index is 462. The fourth-order valence-corrected chi connectivity index (χ4v) is 1.83. The predicted octanol–water partition coefficient (Wildman–Crippen LogP) is -0.0873. The van der Waals surface area contributed by atoms with Crippen LogP contribution in [0.1, 0.15) is 13.8 Å². The normalized spacial score (nSPS) is 19.0. The van der Waals surface area contributed by atoms with Crippen LogP contribution in [0.3, 0.4) is 0 Å². The molecule has 2 rings (SSSR count). The van der Waals surface area contributed by atoms with E-state index in [4.69, 9.17) is 5.73 Å². The van der Waals surface area contributed by atoms with Gasteiger partial charge < -0.3 is 16.0 Å². The Morgan fingerprint density at radius 3 is 3.00 bits per heavy atom. The van der Waals surface area contributed by atoms with Crippen LogP contribution in [0.25, 0.3) is 0 Å². The van der Waals surface area contributed by atoms with Crippen LogP contribution < -0.4 is 16.0 Å². The molecule has 0 saturated carbocycles.